The molecule has 1 heterocycles. The van der Waals surface area contributed by atoms with Crippen LogP contribution >= 0.6 is 35.3 Å². The third-order valence-electron chi connectivity index (χ3n) is 4.24. The number of nitrogens with zero attached hydrogens (tertiary/aromatic N) is 3. The molecule has 1 atom stereocenters. The van der Waals surface area contributed by atoms with E-state index in [9.17, 15) is 0 Å². The van der Waals surface area contributed by atoms with E-state index in [0.717, 1.165) is 37.1 Å². The van der Waals surface area contributed by atoms with Crippen LogP contribution < -0.4 is 10.6 Å². The fourth-order valence-corrected chi connectivity index (χ4v) is 3.54. The first kappa shape index (κ1) is 20.6. The van der Waals surface area contributed by atoms with Gasteiger partial charge in [0.1, 0.15) is 0 Å². The number of nitrogens with one attached hydrogen (secondary N) is 2. The first-order chi connectivity index (χ1) is 10.5. The molecule has 132 valence electrons. The van der Waals surface area contributed by atoms with Gasteiger partial charge in [-0.15, -0.1) is 35.3 Å². The number of rotatable bonds is 7. The minimum Gasteiger partial charge on any atom is -0.356 e. The highest BCUT2D eigenvalue weighted by Gasteiger charge is 2.32. The lowest BCUT2D eigenvalue weighted by Gasteiger charge is -2.25. The number of hydrogen-bond donors (Lipinski definition) is 2. The smallest absolute Gasteiger partial charge is 0.191 e. The van der Waals surface area contributed by atoms with Gasteiger partial charge in [0.2, 0.25) is 0 Å². The Bertz CT molecular complexity index is 489. The second kappa shape index (κ2) is 9.78. The zero-order valence-corrected chi connectivity index (χ0v) is 18.0. The molecule has 2 N–H and O–H groups in total. The maximum atomic E-state index is 4.57. The predicted molar refractivity (Wildman–Crippen MR) is 110 cm³/mol. The van der Waals surface area contributed by atoms with Crippen molar-refractivity contribution in [2.75, 3.05) is 34.2 Å². The molecule has 2 rings (SSSR count). The highest BCUT2D eigenvalue weighted by Crippen LogP contribution is 2.34. The van der Waals surface area contributed by atoms with Crippen molar-refractivity contribution in [3.63, 3.8) is 0 Å². The molecule has 0 aromatic carbocycles. The molecular formula is C16H30IN5S. The van der Waals surface area contributed by atoms with Crippen molar-refractivity contribution in [3.8, 4) is 0 Å². The Labute approximate surface area is 161 Å². The summed E-state index contributed by atoms with van der Waals surface area (Å²) in [6, 6.07) is 0.600. The van der Waals surface area contributed by atoms with Crippen molar-refractivity contribution in [2.24, 2.45) is 10.9 Å². The Balaban J connectivity index is 0.00000264. The molecule has 1 aromatic heterocycles. The van der Waals surface area contributed by atoms with Crippen LogP contribution in [0.3, 0.4) is 0 Å². The van der Waals surface area contributed by atoms with E-state index in [1.165, 1.54) is 22.7 Å². The average Bonchev–Trinajstić information content (AvgIpc) is 3.24. The summed E-state index contributed by atoms with van der Waals surface area (Å²) in [5.41, 5.74) is 1.15. The monoisotopic (exact) mass is 451 g/mol. The normalized spacial score (nSPS) is 16.2. The van der Waals surface area contributed by atoms with Crippen molar-refractivity contribution >= 4 is 41.3 Å². The van der Waals surface area contributed by atoms with Crippen LogP contribution in [0.5, 0.6) is 0 Å². The quantitative estimate of drug-likeness (QED) is 0.380. The van der Waals surface area contributed by atoms with Crippen LogP contribution in [0.15, 0.2) is 4.99 Å². The summed E-state index contributed by atoms with van der Waals surface area (Å²) in [6.45, 7) is 6.02. The van der Waals surface area contributed by atoms with E-state index in [1.54, 1.807) is 11.3 Å². The predicted octanol–water partition coefficient (Wildman–Crippen LogP) is 2.43. The summed E-state index contributed by atoms with van der Waals surface area (Å²) < 4.78 is 0. The Morgan fingerprint density at radius 3 is 2.52 bits per heavy atom. The van der Waals surface area contributed by atoms with E-state index < -0.39 is 0 Å². The van der Waals surface area contributed by atoms with Crippen LogP contribution in [-0.4, -0.2) is 56.1 Å². The van der Waals surface area contributed by atoms with Gasteiger partial charge in [-0.05, 0) is 46.7 Å². The summed E-state index contributed by atoms with van der Waals surface area (Å²) in [7, 11) is 6.15. The van der Waals surface area contributed by atoms with Crippen molar-refractivity contribution in [3.05, 3.63) is 15.6 Å². The molecule has 1 fully saturated rings. The number of aliphatic imine (C=N–C) groups is 1. The number of hydrogen-bond acceptors (Lipinski definition) is 4. The van der Waals surface area contributed by atoms with Crippen LogP contribution in [0, 0.1) is 19.8 Å². The fraction of sp³-hybridized carbons (Fsp3) is 0.750. The molecule has 1 aliphatic rings. The van der Waals surface area contributed by atoms with Gasteiger partial charge >= 0.3 is 0 Å². The van der Waals surface area contributed by atoms with Gasteiger partial charge in [-0.25, -0.2) is 4.98 Å². The van der Waals surface area contributed by atoms with Gasteiger partial charge in [-0.3, -0.25) is 4.99 Å². The average molecular weight is 451 g/mol. The maximum Gasteiger partial charge on any atom is 0.191 e. The van der Waals surface area contributed by atoms with Gasteiger partial charge in [0.15, 0.2) is 5.96 Å². The molecule has 0 radical (unpaired) electrons. The fourth-order valence-electron chi connectivity index (χ4n) is 2.61. The molecule has 0 aliphatic heterocycles. The molecule has 0 spiro atoms. The van der Waals surface area contributed by atoms with Gasteiger partial charge in [-0.2, -0.15) is 0 Å². The minimum absolute atomic E-state index is 0. The summed E-state index contributed by atoms with van der Waals surface area (Å²) in [5, 5.41) is 8.04. The number of thiazole rings is 1. The lowest BCUT2D eigenvalue weighted by atomic mass is 10.1. The summed E-state index contributed by atoms with van der Waals surface area (Å²) in [4.78, 5) is 12.5. The molecule has 0 saturated heterocycles. The molecule has 23 heavy (non-hydrogen) atoms. The number of halogens is 1. The van der Waals surface area contributed by atoms with E-state index in [4.69, 9.17) is 0 Å². The topological polar surface area (TPSA) is 52.6 Å². The second-order valence-corrected chi connectivity index (χ2v) is 7.54. The maximum absolute atomic E-state index is 4.57. The highest BCUT2D eigenvalue weighted by molar-refractivity contribution is 14.0. The van der Waals surface area contributed by atoms with E-state index in [2.05, 4.69) is 53.5 Å². The zero-order chi connectivity index (χ0) is 16.1. The Kier molecular flexibility index (Phi) is 8.78. The molecule has 1 aromatic rings. The van der Waals surface area contributed by atoms with Gasteiger partial charge in [0.25, 0.3) is 0 Å². The minimum atomic E-state index is 0. The van der Waals surface area contributed by atoms with Gasteiger partial charge in [0, 0.05) is 37.5 Å². The van der Waals surface area contributed by atoms with Crippen molar-refractivity contribution in [1.29, 1.82) is 0 Å². The van der Waals surface area contributed by atoms with Crippen LogP contribution in [0.25, 0.3) is 0 Å². The van der Waals surface area contributed by atoms with Crippen LogP contribution in [-0.2, 0) is 6.42 Å². The van der Waals surface area contributed by atoms with Gasteiger partial charge < -0.3 is 15.5 Å². The first-order valence-corrected chi connectivity index (χ1v) is 8.86. The molecule has 7 heteroatoms. The Morgan fingerprint density at radius 2 is 2.04 bits per heavy atom. The van der Waals surface area contributed by atoms with Crippen molar-refractivity contribution < 1.29 is 0 Å². The lowest BCUT2D eigenvalue weighted by Crippen LogP contribution is -2.46. The molecule has 0 amide bonds. The molecule has 1 aliphatic carbocycles. The molecule has 1 unspecified atom stereocenters. The van der Waals surface area contributed by atoms with Gasteiger partial charge in [-0.1, -0.05) is 0 Å². The third kappa shape index (κ3) is 6.54. The number of likely N-dealkylation sites (N-methyl/N-ethyl adjacent to an activating group) is 1. The largest absolute Gasteiger partial charge is 0.356 e. The van der Waals surface area contributed by atoms with E-state index >= 15 is 0 Å². The van der Waals surface area contributed by atoms with E-state index in [-0.39, 0.29) is 24.0 Å². The Hall–Kier alpha value is -0.410. The molecule has 5 nitrogen and oxygen atoms in total. The molecule has 1 saturated carbocycles. The third-order valence-corrected chi connectivity index (χ3v) is 5.37. The molecular weight excluding hydrogens is 421 g/mol. The van der Waals surface area contributed by atoms with Gasteiger partial charge in [0.05, 0.1) is 10.7 Å². The molecule has 0 bridgehead atoms. The Morgan fingerprint density at radius 1 is 1.35 bits per heavy atom. The van der Waals surface area contributed by atoms with Crippen LogP contribution in [0.4, 0.5) is 0 Å². The summed E-state index contributed by atoms with van der Waals surface area (Å²) in [6.07, 6.45) is 3.67. The second-order valence-electron chi connectivity index (χ2n) is 6.25. The van der Waals surface area contributed by atoms with E-state index in [0.29, 0.717) is 6.04 Å². The lowest BCUT2D eigenvalue weighted by molar-refractivity contribution is 0.264. The summed E-state index contributed by atoms with van der Waals surface area (Å²) in [5.74, 6) is 1.74. The van der Waals surface area contributed by atoms with Crippen molar-refractivity contribution in [1.82, 2.24) is 20.5 Å². The van der Waals surface area contributed by atoms with E-state index in [1.807, 2.05) is 7.05 Å². The SMILES string of the molecule is CN=C(NCCc1nc(C)c(C)s1)NCC(C1CC1)N(C)C.I. The highest BCUT2D eigenvalue weighted by atomic mass is 127. The van der Waals surface area contributed by atoms with Crippen LogP contribution in [0.2, 0.25) is 0 Å². The number of guanidine groups is 1. The van der Waals surface area contributed by atoms with Crippen LogP contribution in [0.1, 0.15) is 28.4 Å². The number of aromatic nitrogens is 1. The number of aryl methyl sites for hydroxylation is 2. The standard InChI is InChI=1S/C16H29N5S.HI/c1-11-12(2)22-15(20-11)8-9-18-16(17-3)19-10-14(21(4)5)13-6-7-13;/h13-14H,6-10H2,1-5H3,(H2,17,18,19);1H. The first-order valence-electron chi connectivity index (χ1n) is 8.05. The summed E-state index contributed by atoms with van der Waals surface area (Å²) >= 11 is 1.79. The zero-order valence-electron chi connectivity index (χ0n) is 14.8. The van der Waals surface area contributed by atoms with Crippen molar-refractivity contribution in [2.45, 2.75) is 39.2 Å².